The summed E-state index contributed by atoms with van der Waals surface area (Å²) in [6.07, 6.45) is -3.61. The summed E-state index contributed by atoms with van der Waals surface area (Å²) >= 11 is 0. The number of para-hydroxylation sites is 1. The van der Waals surface area contributed by atoms with Crippen LogP contribution in [0.4, 0.5) is 13.2 Å². The highest BCUT2D eigenvalue weighted by atomic mass is 32.2. The molecule has 1 amide bonds. The van der Waals surface area contributed by atoms with E-state index in [-0.39, 0.29) is 10.4 Å². The number of aromatic nitrogens is 1. The zero-order chi connectivity index (χ0) is 17.8. The summed E-state index contributed by atoms with van der Waals surface area (Å²) in [4.78, 5) is 15.4. The Bertz CT molecular complexity index is 832. The largest absolute Gasteiger partial charge is 0.411 e. The number of hydrogen-bond acceptors (Lipinski definition) is 5. The van der Waals surface area contributed by atoms with E-state index < -0.39 is 41.7 Å². The van der Waals surface area contributed by atoms with E-state index in [1.54, 1.807) is 22.9 Å². The Morgan fingerprint density at radius 3 is 2.62 bits per heavy atom. The predicted octanol–water partition coefficient (Wildman–Crippen LogP) is 2.01. The molecular formula is C14H13F3N2O4S. The van der Waals surface area contributed by atoms with Gasteiger partial charge in [-0.1, -0.05) is 18.2 Å². The van der Waals surface area contributed by atoms with Gasteiger partial charge in [0.1, 0.15) is 11.5 Å². The highest BCUT2D eigenvalue weighted by Crippen LogP contribution is 2.20. The molecule has 130 valence electrons. The summed E-state index contributed by atoms with van der Waals surface area (Å²) in [5.41, 5.74) is 0.189. The lowest BCUT2D eigenvalue weighted by Crippen LogP contribution is -2.31. The fourth-order valence-electron chi connectivity index (χ4n) is 1.90. The number of ether oxygens (including phenoxy) is 1. The van der Waals surface area contributed by atoms with Gasteiger partial charge in [0.25, 0.3) is 10.0 Å². The van der Waals surface area contributed by atoms with Gasteiger partial charge in [0.15, 0.2) is 0 Å². The molecule has 0 saturated carbocycles. The van der Waals surface area contributed by atoms with Crippen LogP contribution in [0, 0.1) is 0 Å². The second-order valence-electron chi connectivity index (χ2n) is 4.78. The lowest BCUT2D eigenvalue weighted by molar-refractivity contribution is -0.174. The molecule has 1 N–H and O–H groups in total. The molecule has 0 fully saturated rings. The van der Waals surface area contributed by atoms with E-state index in [2.05, 4.69) is 9.72 Å². The molecule has 2 aromatic rings. The van der Waals surface area contributed by atoms with Crippen molar-refractivity contribution in [2.24, 2.45) is 0 Å². The average molecular weight is 362 g/mol. The third-order valence-electron chi connectivity index (χ3n) is 2.87. The molecule has 1 heterocycles. The van der Waals surface area contributed by atoms with Crippen molar-refractivity contribution in [2.45, 2.75) is 17.5 Å². The molecule has 0 unspecified atom stereocenters. The van der Waals surface area contributed by atoms with E-state index in [0.29, 0.717) is 5.39 Å². The number of alkyl halides is 3. The second-order valence-corrected chi connectivity index (χ2v) is 6.43. The van der Waals surface area contributed by atoms with Crippen molar-refractivity contribution in [3.8, 4) is 0 Å². The standard InChI is InChI=1S/C14H13F3N2O4S/c15-14(16,17)9-23-8-6-12(20)19-24(21,22)11-5-1-3-10-4-2-7-18-13(10)11/h1-5,7H,6,8-9H2,(H,19,20). The average Bonchev–Trinajstić information content (AvgIpc) is 2.49. The number of benzene rings is 1. The minimum absolute atomic E-state index is 0.189. The zero-order valence-corrected chi connectivity index (χ0v) is 13.0. The number of nitrogens with zero attached hydrogens (tertiary/aromatic N) is 1. The van der Waals surface area contributed by atoms with Crippen molar-refractivity contribution in [3.63, 3.8) is 0 Å². The molecule has 0 aliphatic heterocycles. The van der Waals surface area contributed by atoms with Gasteiger partial charge in [0, 0.05) is 11.6 Å². The second kappa shape index (κ2) is 7.14. The molecular weight excluding hydrogens is 349 g/mol. The van der Waals surface area contributed by atoms with Gasteiger partial charge >= 0.3 is 6.18 Å². The molecule has 10 heteroatoms. The van der Waals surface area contributed by atoms with Crippen LogP contribution in [-0.4, -0.2) is 38.7 Å². The SMILES string of the molecule is O=C(CCOCC(F)(F)F)NS(=O)(=O)c1cccc2cccnc12. The maximum atomic E-state index is 12.3. The van der Waals surface area contributed by atoms with Gasteiger partial charge in [-0.15, -0.1) is 0 Å². The van der Waals surface area contributed by atoms with Gasteiger partial charge in [0.2, 0.25) is 5.91 Å². The first-order chi connectivity index (χ1) is 11.2. The van der Waals surface area contributed by atoms with E-state index in [0.717, 1.165) is 0 Å². The molecule has 0 atom stereocenters. The van der Waals surface area contributed by atoms with E-state index in [1.165, 1.54) is 18.3 Å². The summed E-state index contributed by atoms with van der Waals surface area (Å²) in [5, 5.41) is 0.571. The third kappa shape index (κ3) is 4.90. The lowest BCUT2D eigenvalue weighted by atomic mass is 10.2. The Morgan fingerprint density at radius 2 is 1.92 bits per heavy atom. The number of rotatable bonds is 6. The lowest BCUT2D eigenvalue weighted by Gasteiger charge is -2.10. The number of sulfonamides is 1. The number of carbonyl (C=O) groups excluding carboxylic acids is 1. The maximum Gasteiger partial charge on any atom is 0.411 e. The number of amides is 1. The molecule has 1 aromatic carbocycles. The molecule has 0 bridgehead atoms. The van der Waals surface area contributed by atoms with E-state index in [9.17, 15) is 26.4 Å². The monoisotopic (exact) mass is 362 g/mol. The van der Waals surface area contributed by atoms with Gasteiger partial charge in [-0.3, -0.25) is 9.78 Å². The smallest absolute Gasteiger partial charge is 0.372 e. The van der Waals surface area contributed by atoms with E-state index in [1.807, 2.05) is 0 Å². The van der Waals surface area contributed by atoms with Crippen LogP contribution < -0.4 is 4.72 Å². The Morgan fingerprint density at radius 1 is 1.21 bits per heavy atom. The molecule has 0 saturated heterocycles. The normalized spacial score (nSPS) is 12.3. The van der Waals surface area contributed by atoms with Crippen LogP contribution in [0.5, 0.6) is 0 Å². The molecule has 6 nitrogen and oxygen atoms in total. The summed E-state index contributed by atoms with van der Waals surface area (Å²) < 4.78 is 66.2. The predicted molar refractivity (Wildman–Crippen MR) is 78.6 cm³/mol. The number of hydrogen-bond donors (Lipinski definition) is 1. The number of halogens is 3. The third-order valence-corrected chi connectivity index (χ3v) is 4.28. The number of pyridine rings is 1. The van der Waals surface area contributed by atoms with Gasteiger partial charge in [-0.25, -0.2) is 13.1 Å². The van der Waals surface area contributed by atoms with Gasteiger partial charge in [-0.05, 0) is 12.1 Å². The van der Waals surface area contributed by atoms with Gasteiger partial charge in [-0.2, -0.15) is 13.2 Å². The van der Waals surface area contributed by atoms with Crippen molar-refractivity contribution < 1.29 is 31.1 Å². The molecule has 24 heavy (non-hydrogen) atoms. The summed E-state index contributed by atoms with van der Waals surface area (Å²) in [6, 6.07) is 7.73. The Labute approximate surface area is 135 Å². The van der Waals surface area contributed by atoms with Crippen molar-refractivity contribution in [1.82, 2.24) is 9.71 Å². The minimum atomic E-state index is -4.50. The van der Waals surface area contributed by atoms with Gasteiger partial charge in [0.05, 0.1) is 18.5 Å². The fraction of sp³-hybridized carbons (Fsp3) is 0.286. The van der Waals surface area contributed by atoms with E-state index in [4.69, 9.17) is 0 Å². The highest BCUT2D eigenvalue weighted by Gasteiger charge is 2.27. The first-order valence-electron chi connectivity index (χ1n) is 6.73. The first kappa shape index (κ1) is 18.1. The van der Waals surface area contributed by atoms with Crippen LogP contribution in [0.15, 0.2) is 41.4 Å². The minimum Gasteiger partial charge on any atom is -0.372 e. The van der Waals surface area contributed by atoms with Crippen molar-refractivity contribution in [3.05, 3.63) is 36.5 Å². The van der Waals surface area contributed by atoms with Crippen LogP contribution in [0.1, 0.15) is 6.42 Å². The number of nitrogens with one attached hydrogen (secondary N) is 1. The summed E-state index contributed by atoms with van der Waals surface area (Å²) in [6.45, 7) is -2.05. The topological polar surface area (TPSA) is 85.4 Å². The Hall–Kier alpha value is -2.20. The molecule has 2 rings (SSSR count). The van der Waals surface area contributed by atoms with Crippen molar-refractivity contribution in [1.29, 1.82) is 0 Å². The highest BCUT2D eigenvalue weighted by molar-refractivity contribution is 7.90. The van der Waals surface area contributed by atoms with Crippen LogP contribution in [0.25, 0.3) is 10.9 Å². The fourth-order valence-corrected chi connectivity index (χ4v) is 3.10. The molecule has 0 aliphatic rings. The molecule has 0 radical (unpaired) electrons. The Balaban J connectivity index is 2.04. The summed E-state index contributed by atoms with van der Waals surface area (Å²) in [5.74, 6) is -0.967. The van der Waals surface area contributed by atoms with E-state index >= 15 is 0 Å². The maximum absolute atomic E-state index is 12.3. The van der Waals surface area contributed by atoms with Crippen LogP contribution >= 0.6 is 0 Å². The molecule has 1 aromatic heterocycles. The quantitative estimate of drug-likeness (QED) is 0.795. The summed E-state index contributed by atoms with van der Waals surface area (Å²) in [7, 11) is -4.19. The van der Waals surface area contributed by atoms with Gasteiger partial charge < -0.3 is 4.74 Å². The number of carbonyl (C=O) groups is 1. The Kier molecular flexibility index (Phi) is 5.40. The van der Waals surface area contributed by atoms with Crippen molar-refractivity contribution >= 4 is 26.8 Å². The van der Waals surface area contributed by atoms with Crippen LogP contribution in [-0.2, 0) is 19.6 Å². The van der Waals surface area contributed by atoms with Crippen LogP contribution in [0.3, 0.4) is 0 Å². The number of fused-ring (bicyclic) bond motifs is 1. The zero-order valence-electron chi connectivity index (χ0n) is 12.2. The molecule has 0 aliphatic carbocycles. The van der Waals surface area contributed by atoms with Crippen LogP contribution in [0.2, 0.25) is 0 Å². The molecule has 0 spiro atoms. The van der Waals surface area contributed by atoms with Crippen molar-refractivity contribution in [2.75, 3.05) is 13.2 Å². The first-order valence-corrected chi connectivity index (χ1v) is 8.21.